The zero-order chi connectivity index (χ0) is 9.68. The standard InChI is InChI=1S/C9H15N3O/c1-7-8(6-10)2-3-9(12-7)11-4-5-13/h2-3,13H,4-6,10H2,1H3,(H,11,12). The molecule has 0 atom stereocenters. The summed E-state index contributed by atoms with van der Waals surface area (Å²) in [5, 5.41) is 11.6. The molecule has 0 spiro atoms. The summed E-state index contributed by atoms with van der Waals surface area (Å²) in [4.78, 5) is 4.28. The molecule has 1 aromatic heterocycles. The van der Waals surface area contributed by atoms with Gasteiger partial charge in [-0.25, -0.2) is 4.98 Å². The molecule has 0 unspecified atom stereocenters. The first kappa shape index (κ1) is 9.95. The van der Waals surface area contributed by atoms with Crippen LogP contribution in [0.25, 0.3) is 0 Å². The molecule has 0 aliphatic rings. The van der Waals surface area contributed by atoms with E-state index in [0.29, 0.717) is 13.1 Å². The molecule has 4 nitrogen and oxygen atoms in total. The Balaban J connectivity index is 2.71. The van der Waals surface area contributed by atoms with E-state index in [2.05, 4.69) is 10.3 Å². The molecule has 0 fully saturated rings. The van der Waals surface area contributed by atoms with Crippen LogP contribution in [0.2, 0.25) is 0 Å². The van der Waals surface area contributed by atoms with Gasteiger partial charge in [-0.1, -0.05) is 6.07 Å². The lowest BCUT2D eigenvalue weighted by Crippen LogP contribution is -2.08. The molecule has 4 heteroatoms. The van der Waals surface area contributed by atoms with Gasteiger partial charge in [-0.2, -0.15) is 0 Å². The summed E-state index contributed by atoms with van der Waals surface area (Å²) in [6.45, 7) is 3.07. The third kappa shape index (κ3) is 2.68. The topological polar surface area (TPSA) is 71.2 Å². The molecule has 0 bridgehead atoms. The van der Waals surface area contributed by atoms with Crippen molar-refractivity contribution in [3.05, 3.63) is 23.4 Å². The minimum Gasteiger partial charge on any atom is -0.395 e. The van der Waals surface area contributed by atoms with Crippen LogP contribution >= 0.6 is 0 Å². The van der Waals surface area contributed by atoms with Gasteiger partial charge >= 0.3 is 0 Å². The second kappa shape index (κ2) is 4.79. The van der Waals surface area contributed by atoms with Gasteiger partial charge in [0.05, 0.1) is 6.61 Å². The number of hydrogen-bond donors (Lipinski definition) is 3. The van der Waals surface area contributed by atoms with Crippen LogP contribution in [-0.4, -0.2) is 23.2 Å². The number of nitrogens with zero attached hydrogens (tertiary/aromatic N) is 1. The van der Waals surface area contributed by atoms with E-state index in [1.165, 1.54) is 0 Å². The molecule has 72 valence electrons. The normalized spacial score (nSPS) is 10.1. The predicted octanol–water partition coefficient (Wildman–Crippen LogP) is 0.253. The summed E-state index contributed by atoms with van der Waals surface area (Å²) < 4.78 is 0. The maximum absolute atomic E-state index is 8.59. The number of pyridine rings is 1. The number of nitrogens with one attached hydrogen (secondary N) is 1. The Hall–Kier alpha value is -1.13. The van der Waals surface area contributed by atoms with E-state index >= 15 is 0 Å². The second-order valence-corrected chi connectivity index (χ2v) is 2.80. The number of anilines is 1. The quantitative estimate of drug-likeness (QED) is 0.622. The Kier molecular flexibility index (Phi) is 3.67. The van der Waals surface area contributed by atoms with Crippen LogP contribution in [0.1, 0.15) is 11.3 Å². The molecule has 0 radical (unpaired) electrons. The molecule has 1 aromatic rings. The van der Waals surface area contributed by atoms with Crippen molar-refractivity contribution >= 4 is 5.82 Å². The molecule has 0 aromatic carbocycles. The molecular formula is C9H15N3O. The number of aryl methyl sites for hydroxylation is 1. The Morgan fingerprint density at radius 2 is 2.31 bits per heavy atom. The number of aromatic nitrogens is 1. The van der Waals surface area contributed by atoms with Crippen LogP contribution in [0.5, 0.6) is 0 Å². The molecule has 0 aliphatic carbocycles. The smallest absolute Gasteiger partial charge is 0.126 e. The van der Waals surface area contributed by atoms with Crippen molar-refractivity contribution in [3.8, 4) is 0 Å². The van der Waals surface area contributed by atoms with Gasteiger partial charge in [0.1, 0.15) is 5.82 Å². The maximum Gasteiger partial charge on any atom is 0.126 e. The lowest BCUT2D eigenvalue weighted by Gasteiger charge is -2.06. The summed E-state index contributed by atoms with van der Waals surface area (Å²) in [6.07, 6.45) is 0. The minimum atomic E-state index is 0.110. The molecule has 0 saturated heterocycles. The molecule has 0 aliphatic heterocycles. The molecule has 0 saturated carbocycles. The van der Waals surface area contributed by atoms with E-state index in [0.717, 1.165) is 17.1 Å². The first-order chi connectivity index (χ1) is 6.27. The highest BCUT2D eigenvalue weighted by Crippen LogP contribution is 2.09. The van der Waals surface area contributed by atoms with Crippen molar-refractivity contribution in [2.24, 2.45) is 5.73 Å². The van der Waals surface area contributed by atoms with Crippen LogP contribution in [0, 0.1) is 6.92 Å². The van der Waals surface area contributed by atoms with Gasteiger partial charge < -0.3 is 16.2 Å². The van der Waals surface area contributed by atoms with Gasteiger partial charge in [0.25, 0.3) is 0 Å². The van der Waals surface area contributed by atoms with Crippen molar-refractivity contribution in [3.63, 3.8) is 0 Å². The van der Waals surface area contributed by atoms with Crippen LogP contribution in [-0.2, 0) is 6.54 Å². The lowest BCUT2D eigenvalue weighted by atomic mass is 10.2. The summed E-state index contributed by atoms with van der Waals surface area (Å²) in [5.74, 6) is 0.781. The van der Waals surface area contributed by atoms with Crippen molar-refractivity contribution in [1.82, 2.24) is 4.98 Å². The second-order valence-electron chi connectivity index (χ2n) is 2.80. The largest absolute Gasteiger partial charge is 0.395 e. The van der Waals surface area contributed by atoms with Gasteiger partial charge in [-0.05, 0) is 18.6 Å². The predicted molar refractivity (Wildman–Crippen MR) is 52.4 cm³/mol. The average molecular weight is 181 g/mol. The van der Waals surface area contributed by atoms with E-state index < -0.39 is 0 Å². The zero-order valence-corrected chi connectivity index (χ0v) is 7.75. The molecule has 0 amide bonds. The summed E-state index contributed by atoms with van der Waals surface area (Å²) in [6, 6.07) is 3.81. The SMILES string of the molecule is Cc1nc(NCCO)ccc1CN. The number of nitrogens with two attached hydrogens (primary N) is 1. The first-order valence-corrected chi connectivity index (χ1v) is 4.29. The third-order valence-electron chi connectivity index (χ3n) is 1.83. The Morgan fingerprint density at radius 1 is 1.54 bits per heavy atom. The highest BCUT2D eigenvalue weighted by Gasteiger charge is 1.98. The third-order valence-corrected chi connectivity index (χ3v) is 1.83. The van der Waals surface area contributed by atoms with Crippen LogP contribution in [0.4, 0.5) is 5.82 Å². The fourth-order valence-electron chi connectivity index (χ4n) is 1.09. The van der Waals surface area contributed by atoms with E-state index in [1.807, 2.05) is 19.1 Å². The highest BCUT2D eigenvalue weighted by molar-refractivity contribution is 5.38. The van der Waals surface area contributed by atoms with Gasteiger partial charge in [0.2, 0.25) is 0 Å². The summed E-state index contributed by atoms with van der Waals surface area (Å²) in [7, 11) is 0. The average Bonchev–Trinajstić information content (AvgIpc) is 2.15. The molecule has 13 heavy (non-hydrogen) atoms. The lowest BCUT2D eigenvalue weighted by molar-refractivity contribution is 0.311. The Morgan fingerprint density at radius 3 is 2.85 bits per heavy atom. The molecule has 1 rings (SSSR count). The van der Waals surface area contributed by atoms with E-state index in [9.17, 15) is 0 Å². The summed E-state index contributed by atoms with van der Waals surface area (Å²) >= 11 is 0. The first-order valence-electron chi connectivity index (χ1n) is 4.29. The van der Waals surface area contributed by atoms with Gasteiger partial charge in [-0.15, -0.1) is 0 Å². The van der Waals surface area contributed by atoms with Gasteiger partial charge in [-0.3, -0.25) is 0 Å². The highest BCUT2D eigenvalue weighted by atomic mass is 16.3. The fraction of sp³-hybridized carbons (Fsp3) is 0.444. The van der Waals surface area contributed by atoms with E-state index in [-0.39, 0.29) is 6.61 Å². The van der Waals surface area contributed by atoms with Gasteiger partial charge in [0, 0.05) is 18.8 Å². The molecule has 4 N–H and O–H groups in total. The van der Waals surface area contributed by atoms with Gasteiger partial charge in [0.15, 0.2) is 0 Å². The monoisotopic (exact) mass is 181 g/mol. The Labute approximate surface area is 77.8 Å². The van der Waals surface area contributed by atoms with E-state index in [1.54, 1.807) is 0 Å². The van der Waals surface area contributed by atoms with E-state index in [4.69, 9.17) is 10.8 Å². The van der Waals surface area contributed by atoms with Crippen molar-refractivity contribution in [1.29, 1.82) is 0 Å². The summed E-state index contributed by atoms with van der Waals surface area (Å²) in [5.41, 5.74) is 7.49. The molecule has 1 heterocycles. The maximum atomic E-state index is 8.59. The van der Waals surface area contributed by atoms with Crippen molar-refractivity contribution in [2.45, 2.75) is 13.5 Å². The number of aliphatic hydroxyl groups excluding tert-OH is 1. The number of aliphatic hydroxyl groups is 1. The van der Waals surface area contributed by atoms with Crippen molar-refractivity contribution < 1.29 is 5.11 Å². The number of hydrogen-bond acceptors (Lipinski definition) is 4. The fourth-order valence-corrected chi connectivity index (χ4v) is 1.09. The van der Waals surface area contributed by atoms with Crippen molar-refractivity contribution in [2.75, 3.05) is 18.5 Å². The number of rotatable bonds is 4. The minimum absolute atomic E-state index is 0.110. The van der Waals surface area contributed by atoms with Crippen LogP contribution in [0.15, 0.2) is 12.1 Å². The van der Waals surface area contributed by atoms with Crippen LogP contribution in [0.3, 0.4) is 0 Å². The Bertz CT molecular complexity index is 276. The molecular weight excluding hydrogens is 166 g/mol. The van der Waals surface area contributed by atoms with Crippen LogP contribution < -0.4 is 11.1 Å². The zero-order valence-electron chi connectivity index (χ0n) is 7.75.